The molecule has 1 heterocycles. The Morgan fingerprint density at radius 3 is 2.31 bits per heavy atom. The average molecular weight is 252 g/mol. The summed E-state index contributed by atoms with van der Waals surface area (Å²) in [7, 11) is 0. The van der Waals surface area contributed by atoms with Crippen LogP contribution in [0.1, 0.15) is 27.6 Å². The first-order chi connectivity index (χ1) is 7.61. The van der Waals surface area contributed by atoms with Crippen LogP contribution < -0.4 is 5.73 Å². The largest absolute Gasteiger partial charge is 0.320 e. The van der Waals surface area contributed by atoms with Crippen molar-refractivity contribution in [3.05, 3.63) is 56.2 Å². The minimum Gasteiger partial charge on any atom is -0.320 e. The highest BCUT2D eigenvalue weighted by atomic mass is 35.5. The van der Waals surface area contributed by atoms with Gasteiger partial charge in [0.15, 0.2) is 0 Å². The summed E-state index contributed by atoms with van der Waals surface area (Å²) >= 11 is 7.73. The molecule has 2 rings (SSSR count). The Balaban J connectivity index is 2.49. The molecule has 0 saturated heterocycles. The van der Waals surface area contributed by atoms with E-state index in [4.69, 9.17) is 17.3 Å². The van der Waals surface area contributed by atoms with Gasteiger partial charge in [0.1, 0.15) is 0 Å². The molecule has 84 valence electrons. The van der Waals surface area contributed by atoms with E-state index in [1.165, 1.54) is 16.7 Å². The normalized spacial score (nSPS) is 12.8. The van der Waals surface area contributed by atoms with Gasteiger partial charge in [-0.2, -0.15) is 0 Å². The van der Waals surface area contributed by atoms with E-state index in [0.29, 0.717) is 0 Å². The van der Waals surface area contributed by atoms with Crippen molar-refractivity contribution >= 4 is 22.9 Å². The van der Waals surface area contributed by atoms with Crippen molar-refractivity contribution in [1.82, 2.24) is 0 Å². The van der Waals surface area contributed by atoms with E-state index in [2.05, 4.69) is 32.0 Å². The van der Waals surface area contributed by atoms with E-state index >= 15 is 0 Å². The van der Waals surface area contributed by atoms with Crippen LogP contribution in [-0.2, 0) is 0 Å². The Morgan fingerprint density at radius 2 is 1.81 bits per heavy atom. The van der Waals surface area contributed by atoms with Crippen LogP contribution >= 0.6 is 22.9 Å². The number of thiophene rings is 1. The topological polar surface area (TPSA) is 26.0 Å². The van der Waals surface area contributed by atoms with Crippen LogP contribution in [0.5, 0.6) is 0 Å². The molecule has 2 aromatic rings. The fraction of sp³-hybridized carbons (Fsp3) is 0.231. The first kappa shape index (κ1) is 11.6. The molecule has 16 heavy (non-hydrogen) atoms. The Hall–Kier alpha value is -0.830. The summed E-state index contributed by atoms with van der Waals surface area (Å²) < 4.78 is 0. The zero-order chi connectivity index (χ0) is 11.7. The summed E-state index contributed by atoms with van der Waals surface area (Å²) in [4.78, 5) is 1.04. The number of aryl methyl sites for hydroxylation is 2. The molecular weight excluding hydrogens is 238 g/mol. The predicted molar refractivity (Wildman–Crippen MR) is 71.3 cm³/mol. The van der Waals surface area contributed by atoms with E-state index in [1.54, 1.807) is 11.3 Å². The van der Waals surface area contributed by atoms with Crippen LogP contribution in [0.25, 0.3) is 0 Å². The fourth-order valence-electron chi connectivity index (χ4n) is 1.98. The summed E-state index contributed by atoms with van der Waals surface area (Å²) in [5.74, 6) is 0. The van der Waals surface area contributed by atoms with Gasteiger partial charge in [-0.15, -0.1) is 11.3 Å². The van der Waals surface area contributed by atoms with Gasteiger partial charge in [0.2, 0.25) is 0 Å². The van der Waals surface area contributed by atoms with Crippen molar-refractivity contribution in [3.8, 4) is 0 Å². The van der Waals surface area contributed by atoms with Gasteiger partial charge in [0.05, 0.1) is 11.1 Å². The van der Waals surface area contributed by atoms with Crippen molar-refractivity contribution in [3.63, 3.8) is 0 Å². The SMILES string of the molecule is Cc1cccc(C)c1C(N)c1sccc1Cl. The summed E-state index contributed by atoms with van der Waals surface area (Å²) in [5, 5.41) is 2.74. The molecule has 0 saturated carbocycles. The lowest BCUT2D eigenvalue weighted by Gasteiger charge is -2.16. The predicted octanol–water partition coefficient (Wildman–Crippen LogP) is 4.07. The van der Waals surface area contributed by atoms with Gasteiger partial charge in [-0.1, -0.05) is 29.8 Å². The maximum Gasteiger partial charge on any atom is 0.0666 e. The Morgan fingerprint density at radius 1 is 1.19 bits per heavy atom. The lowest BCUT2D eigenvalue weighted by atomic mass is 9.96. The molecule has 1 aromatic heterocycles. The van der Waals surface area contributed by atoms with Gasteiger partial charge in [0.25, 0.3) is 0 Å². The van der Waals surface area contributed by atoms with Crippen molar-refractivity contribution < 1.29 is 0 Å². The Labute approximate surface area is 105 Å². The molecule has 1 unspecified atom stereocenters. The fourth-order valence-corrected chi connectivity index (χ4v) is 3.16. The zero-order valence-electron chi connectivity index (χ0n) is 9.33. The number of hydrogen-bond acceptors (Lipinski definition) is 2. The average Bonchev–Trinajstić information content (AvgIpc) is 2.64. The van der Waals surface area contributed by atoms with Crippen LogP contribution in [0.3, 0.4) is 0 Å². The minimum atomic E-state index is -0.117. The van der Waals surface area contributed by atoms with Crippen molar-refractivity contribution in [2.75, 3.05) is 0 Å². The summed E-state index contributed by atoms with van der Waals surface area (Å²) in [6.45, 7) is 4.17. The van der Waals surface area contributed by atoms with Crippen LogP contribution in [0.4, 0.5) is 0 Å². The van der Waals surface area contributed by atoms with Gasteiger partial charge in [-0.05, 0) is 42.0 Å². The maximum atomic E-state index is 6.29. The minimum absolute atomic E-state index is 0.117. The molecule has 0 amide bonds. The highest BCUT2D eigenvalue weighted by Crippen LogP contribution is 2.33. The van der Waals surface area contributed by atoms with Crippen molar-refractivity contribution in [2.45, 2.75) is 19.9 Å². The molecule has 1 nitrogen and oxygen atoms in total. The van der Waals surface area contributed by atoms with Gasteiger partial charge in [-0.3, -0.25) is 0 Å². The molecule has 3 heteroatoms. The second-order valence-corrected chi connectivity index (χ2v) is 5.27. The monoisotopic (exact) mass is 251 g/mol. The standard InChI is InChI=1S/C13H14ClNS/c1-8-4-3-5-9(2)11(8)12(15)13-10(14)6-7-16-13/h3-7,12H,15H2,1-2H3. The number of benzene rings is 1. The molecule has 0 aliphatic heterocycles. The van der Waals surface area contributed by atoms with Crippen molar-refractivity contribution in [1.29, 1.82) is 0 Å². The van der Waals surface area contributed by atoms with Crippen LogP contribution in [0.2, 0.25) is 5.02 Å². The molecule has 0 aliphatic carbocycles. The second kappa shape index (κ2) is 4.58. The number of hydrogen-bond donors (Lipinski definition) is 1. The lowest BCUT2D eigenvalue weighted by Crippen LogP contribution is -2.13. The van der Waals surface area contributed by atoms with Gasteiger partial charge in [0, 0.05) is 4.88 Å². The van der Waals surface area contributed by atoms with Crippen molar-refractivity contribution in [2.24, 2.45) is 5.73 Å². The van der Waals surface area contributed by atoms with E-state index in [9.17, 15) is 0 Å². The molecule has 0 spiro atoms. The molecule has 0 fully saturated rings. The highest BCUT2D eigenvalue weighted by molar-refractivity contribution is 7.10. The third kappa shape index (κ3) is 2.01. The van der Waals surface area contributed by atoms with E-state index in [0.717, 1.165) is 9.90 Å². The van der Waals surface area contributed by atoms with Gasteiger partial charge < -0.3 is 5.73 Å². The quantitative estimate of drug-likeness (QED) is 0.856. The Bertz CT molecular complexity index is 484. The summed E-state index contributed by atoms with van der Waals surface area (Å²) in [5.41, 5.74) is 9.91. The lowest BCUT2D eigenvalue weighted by molar-refractivity contribution is 0.871. The smallest absolute Gasteiger partial charge is 0.0666 e. The molecular formula is C13H14ClNS. The first-order valence-corrected chi connectivity index (χ1v) is 6.41. The summed E-state index contributed by atoms with van der Waals surface area (Å²) in [6.07, 6.45) is 0. The van der Waals surface area contributed by atoms with Gasteiger partial charge in [-0.25, -0.2) is 0 Å². The van der Waals surface area contributed by atoms with Crippen LogP contribution in [-0.4, -0.2) is 0 Å². The third-order valence-corrected chi connectivity index (χ3v) is 4.22. The van der Waals surface area contributed by atoms with E-state index in [1.807, 2.05) is 11.4 Å². The molecule has 1 atom stereocenters. The first-order valence-electron chi connectivity index (χ1n) is 5.16. The zero-order valence-corrected chi connectivity index (χ0v) is 10.9. The maximum absolute atomic E-state index is 6.29. The molecule has 2 N–H and O–H groups in total. The molecule has 0 aliphatic rings. The van der Waals surface area contributed by atoms with E-state index < -0.39 is 0 Å². The highest BCUT2D eigenvalue weighted by Gasteiger charge is 2.17. The number of nitrogens with two attached hydrogens (primary N) is 1. The molecule has 0 bridgehead atoms. The number of halogens is 1. The third-order valence-electron chi connectivity index (χ3n) is 2.78. The van der Waals surface area contributed by atoms with E-state index in [-0.39, 0.29) is 6.04 Å². The second-order valence-electron chi connectivity index (χ2n) is 3.92. The Kier molecular flexibility index (Phi) is 3.33. The summed E-state index contributed by atoms with van der Waals surface area (Å²) in [6, 6.07) is 8.01. The molecule has 1 aromatic carbocycles. The van der Waals surface area contributed by atoms with Crippen LogP contribution in [0.15, 0.2) is 29.6 Å². The van der Waals surface area contributed by atoms with Crippen LogP contribution in [0, 0.1) is 13.8 Å². The molecule has 0 radical (unpaired) electrons. The number of rotatable bonds is 2. The van der Waals surface area contributed by atoms with Gasteiger partial charge >= 0.3 is 0 Å².